The second kappa shape index (κ2) is 6.55. The van der Waals surface area contributed by atoms with Crippen molar-refractivity contribution in [2.24, 2.45) is 0 Å². The van der Waals surface area contributed by atoms with E-state index in [0.29, 0.717) is 0 Å². The highest BCUT2D eigenvalue weighted by Crippen LogP contribution is 2.53. The molecule has 1 amide bonds. The fraction of sp³-hybridized carbons (Fsp3) is 0.238. The van der Waals surface area contributed by atoms with E-state index in [-0.39, 0.29) is 24.7 Å². The summed E-state index contributed by atoms with van der Waals surface area (Å²) in [4.78, 5) is 26.5. The van der Waals surface area contributed by atoms with Gasteiger partial charge >= 0.3 is 5.97 Å². The number of carboxylic acids is 1. The molecule has 2 saturated heterocycles. The third-order valence-electron chi connectivity index (χ3n) is 5.21. The van der Waals surface area contributed by atoms with Gasteiger partial charge in [0.2, 0.25) is 11.4 Å². The average Bonchev–Trinajstić information content (AvgIpc) is 2.93. The maximum Gasteiger partial charge on any atom is 0.338 e. The van der Waals surface area contributed by atoms with E-state index in [9.17, 15) is 19.8 Å². The lowest BCUT2D eigenvalue weighted by Gasteiger charge is -2.44. The number of aliphatic hydroxyl groups excluding tert-OH is 1. The number of aliphatic carboxylic acids is 1. The van der Waals surface area contributed by atoms with E-state index in [4.69, 9.17) is 4.74 Å². The molecular formula is C21H19NO5. The molecule has 0 unspecified atom stereocenters. The Kier molecular flexibility index (Phi) is 4.20. The number of hydrogen-bond acceptors (Lipinski definition) is 4. The number of nitrogens with zero attached hydrogens (tertiary/aromatic N) is 1. The molecule has 138 valence electrons. The summed E-state index contributed by atoms with van der Waals surface area (Å²) in [6, 6.07) is 18.4. The van der Waals surface area contributed by atoms with Crippen LogP contribution in [0.1, 0.15) is 23.5 Å². The smallest absolute Gasteiger partial charge is 0.338 e. The molecular weight excluding hydrogens is 346 g/mol. The second-order valence-corrected chi connectivity index (χ2v) is 6.62. The molecule has 2 fully saturated rings. The predicted octanol–water partition coefficient (Wildman–Crippen LogP) is 2.11. The normalized spacial score (nSPS) is 25.3. The third kappa shape index (κ3) is 2.44. The van der Waals surface area contributed by atoms with E-state index in [0.717, 1.165) is 11.1 Å². The first-order valence-corrected chi connectivity index (χ1v) is 8.74. The fourth-order valence-corrected chi connectivity index (χ4v) is 4.13. The fourth-order valence-electron chi connectivity index (χ4n) is 4.13. The lowest BCUT2D eigenvalue weighted by molar-refractivity contribution is -0.171. The molecule has 2 aromatic rings. The van der Waals surface area contributed by atoms with Gasteiger partial charge in [-0.05, 0) is 17.2 Å². The first-order chi connectivity index (χ1) is 13.1. The Balaban J connectivity index is 2.01. The Hall–Kier alpha value is -3.12. The molecule has 0 aliphatic carbocycles. The molecule has 2 aliphatic rings. The maximum absolute atomic E-state index is 12.7. The number of ether oxygens (including phenoxy) is 1. The number of rotatable bonds is 5. The summed E-state index contributed by atoms with van der Waals surface area (Å²) in [6.07, 6.45) is 0.855. The zero-order valence-corrected chi connectivity index (χ0v) is 14.5. The van der Waals surface area contributed by atoms with Crippen molar-refractivity contribution in [3.8, 4) is 0 Å². The Labute approximate surface area is 156 Å². The number of hydrogen-bond donors (Lipinski definition) is 2. The van der Waals surface area contributed by atoms with E-state index in [2.05, 4.69) is 0 Å². The summed E-state index contributed by atoms with van der Waals surface area (Å²) in [7, 11) is 0. The van der Waals surface area contributed by atoms with E-state index in [1.54, 1.807) is 0 Å². The Bertz CT molecular complexity index is 856. The molecule has 2 aromatic carbocycles. The Morgan fingerprint density at radius 2 is 1.70 bits per heavy atom. The van der Waals surface area contributed by atoms with Crippen LogP contribution >= 0.6 is 0 Å². The average molecular weight is 365 g/mol. The predicted molar refractivity (Wildman–Crippen MR) is 96.6 cm³/mol. The van der Waals surface area contributed by atoms with Gasteiger partial charge in [0.15, 0.2) is 6.23 Å². The van der Waals surface area contributed by atoms with E-state index in [1.807, 2.05) is 60.7 Å². The number of carbonyl (C=O) groups is 2. The van der Waals surface area contributed by atoms with Gasteiger partial charge in [-0.1, -0.05) is 60.7 Å². The molecule has 0 radical (unpaired) electrons. The van der Waals surface area contributed by atoms with Crippen LogP contribution in [0, 0.1) is 0 Å². The van der Waals surface area contributed by atoms with Crippen LogP contribution in [-0.4, -0.2) is 45.4 Å². The number of benzene rings is 2. The summed E-state index contributed by atoms with van der Waals surface area (Å²) in [6.45, 7) is -0.380. The minimum absolute atomic E-state index is 0.103. The Morgan fingerprint density at radius 3 is 2.15 bits per heavy atom. The van der Waals surface area contributed by atoms with Crippen LogP contribution in [-0.2, 0) is 14.3 Å². The monoisotopic (exact) mass is 365 g/mol. The summed E-state index contributed by atoms with van der Waals surface area (Å²) in [5, 5.41) is 19.9. The van der Waals surface area contributed by atoms with Gasteiger partial charge in [0.25, 0.3) is 0 Å². The molecule has 6 heteroatoms. The molecule has 2 atom stereocenters. The van der Waals surface area contributed by atoms with Crippen molar-refractivity contribution in [1.29, 1.82) is 0 Å². The number of aliphatic hydroxyl groups is 1. The van der Waals surface area contributed by atoms with Gasteiger partial charge in [-0.15, -0.1) is 0 Å². The molecule has 4 rings (SSSR count). The summed E-state index contributed by atoms with van der Waals surface area (Å²) in [5.41, 5.74) is -0.247. The molecule has 0 spiro atoms. The van der Waals surface area contributed by atoms with Crippen molar-refractivity contribution in [1.82, 2.24) is 4.90 Å². The van der Waals surface area contributed by atoms with Gasteiger partial charge in [-0.25, -0.2) is 4.79 Å². The molecule has 0 bridgehead atoms. The number of amides is 1. The van der Waals surface area contributed by atoms with Crippen LogP contribution in [0.5, 0.6) is 0 Å². The molecule has 0 aromatic heterocycles. The minimum Gasteiger partial charge on any atom is -0.479 e. The number of carboxylic acid groups (broad SMARTS) is 1. The summed E-state index contributed by atoms with van der Waals surface area (Å²) in [5.74, 6) is -2.05. The van der Waals surface area contributed by atoms with Gasteiger partial charge < -0.3 is 14.9 Å². The van der Waals surface area contributed by atoms with E-state index < -0.39 is 23.7 Å². The van der Waals surface area contributed by atoms with Crippen LogP contribution in [0.15, 0.2) is 72.5 Å². The molecule has 6 nitrogen and oxygen atoms in total. The summed E-state index contributed by atoms with van der Waals surface area (Å²) < 4.78 is 5.80. The zero-order chi connectivity index (χ0) is 19.0. The maximum atomic E-state index is 12.7. The van der Waals surface area contributed by atoms with Crippen LogP contribution in [0.4, 0.5) is 0 Å². The van der Waals surface area contributed by atoms with Crippen molar-refractivity contribution in [2.45, 2.75) is 24.1 Å². The van der Waals surface area contributed by atoms with E-state index in [1.165, 1.54) is 11.0 Å². The highest BCUT2D eigenvalue weighted by atomic mass is 16.5. The van der Waals surface area contributed by atoms with Crippen LogP contribution in [0.25, 0.3) is 0 Å². The highest BCUT2D eigenvalue weighted by Gasteiger charge is 2.68. The Morgan fingerprint density at radius 1 is 1.15 bits per heavy atom. The quantitative estimate of drug-likeness (QED) is 0.793. The summed E-state index contributed by atoms with van der Waals surface area (Å²) >= 11 is 0. The second-order valence-electron chi connectivity index (χ2n) is 6.62. The standard InChI is InChI=1S/C21H19NO5/c23-12-11-16-21(20(25)26,22-17(24)13-18(22)27-16)19(14-7-3-1-4-8-14)15-9-5-2-6-10-15/h1-11,18-19,23H,12-13H2,(H,25,26)/b16-11-/t18-,21+/m1/s1. The lowest BCUT2D eigenvalue weighted by Crippen LogP contribution is -2.65. The molecule has 2 aliphatic heterocycles. The number of carbonyl (C=O) groups excluding carboxylic acids is 1. The largest absolute Gasteiger partial charge is 0.479 e. The number of β-lactam (4-membered cyclic amide) rings is 1. The first kappa shape index (κ1) is 17.3. The van der Waals surface area contributed by atoms with Crippen LogP contribution in [0.3, 0.4) is 0 Å². The van der Waals surface area contributed by atoms with Crippen molar-refractivity contribution in [2.75, 3.05) is 6.61 Å². The van der Waals surface area contributed by atoms with Gasteiger partial charge in [-0.3, -0.25) is 9.69 Å². The van der Waals surface area contributed by atoms with Crippen LogP contribution in [0.2, 0.25) is 0 Å². The molecule has 27 heavy (non-hydrogen) atoms. The van der Waals surface area contributed by atoms with Gasteiger partial charge in [0, 0.05) is 0 Å². The SMILES string of the molecule is O=C1C[C@H]2O/C(=C\CO)[C@@](C(=O)O)(C(c3ccccc3)c3ccccc3)N12. The zero-order valence-electron chi connectivity index (χ0n) is 14.5. The molecule has 0 saturated carbocycles. The molecule has 2 heterocycles. The topological polar surface area (TPSA) is 87.1 Å². The minimum atomic E-state index is -1.74. The van der Waals surface area contributed by atoms with Crippen molar-refractivity contribution in [3.05, 3.63) is 83.6 Å². The van der Waals surface area contributed by atoms with Crippen molar-refractivity contribution in [3.63, 3.8) is 0 Å². The van der Waals surface area contributed by atoms with Crippen LogP contribution < -0.4 is 0 Å². The first-order valence-electron chi connectivity index (χ1n) is 8.74. The highest BCUT2D eigenvalue weighted by molar-refractivity contribution is 5.96. The van der Waals surface area contributed by atoms with Gasteiger partial charge in [0.1, 0.15) is 5.76 Å². The van der Waals surface area contributed by atoms with Gasteiger partial charge in [0.05, 0.1) is 18.9 Å². The number of fused-ring (bicyclic) bond motifs is 1. The van der Waals surface area contributed by atoms with Crippen molar-refractivity contribution >= 4 is 11.9 Å². The van der Waals surface area contributed by atoms with Gasteiger partial charge in [-0.2, -0.15) is 0 Å². The third-order valence-corrected chi connectivity index (χ3v) is 5.21. The van der Waals surface area contributed by atoms with E-state index >= 15 is 0 Å². The lowest BCUT2D eigenvalue weighted by atomic mass is 9.71. The molecule has 2 N–H and O–H groups in total. The van der Waals surface area contributed by atoms with Crippen molar-refractivity contribution < 1.29 is 24.5 Å².